The minimum atomic E-state index is -0.530. The van der Waals surface area contributed by atoms with Crippen molar-refractivity contribution >= 4 is 23.2 Å². The Morgan fingerprint density at radius 3 is 2.61 bits per heavy atom. The highest BCUT2D eigenvalue weighted by Gasteiger charge is 2.26. The first-order valence-electron chi connectivity index (χ1n) is 6.52. The fraction of sp³-hybridized carbons (Fsp3) is 0.533. The number of carbonyl (C=O) groups excluding carboxylic acids is 1. The van der Waals surface area contributed by atoms with Crippen LogP contribution in [0.4, 0.5) is 5.69 Å². The molecule has 0 heterocycles. The predicted molar refractivity (Wildman–Crippen MR) is 76.2 cm³/mol. The number of aryl methyl sites for hydroxylation is 2. The summed E-state index contributed by atoms with van der Waals surface area (Å²) in [5, 5.41) is 2.96. The Bertz CT molecular complexity index is 454. The van der Waals surface area contributed by atoms with Crippen molar-refractivity contribution < 1.29 is 4.79 Å². The van der Waals surface area contributed by atoms with Gasteiger partial charge in [-0.1, -0.05) is 6.07 Å². The van der Waals surface area contributed by atoms with Gasteiger partial charge >= 0.3 is 0 Å². The van der Waals surface area contributed by atoms with E-state index in [1.807, 2.05) is 19.9 Å². The minimum absolute atomic E-state index is 0.0201. The molecule has 0 aliphatic heterocycles. The number of amides is 1. The van der Waals surface area contributed by atoms with Crippen molar-refractivity contribution in [1.82, 2.24) is 0 Å². The van der Waals surface area contributed by atoms with Crippen LogP contribution in [0, 0.1) is 5.41 Å². The zero-order chi connectivity index (χ0) is 13.2. The van der Waals surface area contributed by atoms with Crippen LogP contribution in [-0.4, -0.2) is 11.8 Å². The van der Waals surface area contributed by atoms with Crippen LogP contribution in [0.15, 0.2) is 18.2 Å². The molecule has 0 unspecified atom stereocenters. The maximum Gasteiger partial charge on any atom is 0.231 e. The molecule has 2 nitrogen and oxygen atoms in total. The van der Waals surface area contributed by atoms with Crippen LogP contribution in [0.25, 0.3) is 0 Å². The maximum absolute atomic E-state index is 12.0. The van der Waals surface area contributed by atoms with Crippen LogP contribution in [0.5, 0.6) is 0 Å². The van der Waals surface area contributed by atoms with Crippen molar-refractivity contribution in [2.45, 2.75) is 39.5 Å². The van der Waals surface area contributed by atoms with Crippen molar-refractivity contribution in [3.63, 3.8) is 0 Å². The summed E-state index contributed by atoms with van der Waals surface area (Å²) in [7, 11) is 0. The minimum Gasteiger partial charge on any atom is -0.326 e. The van der Waals surface area contributed by atoms with Crippen molar-refractivity contribution in [2.24, 2.45) is 5.41 Å². The molecule has 0 atom stereocenters. The average Bonchev–Trinajstić information content (AvgIpc) is 2.38. The van der Waals surface area contributed by atoms with Gasteiger partial charge in [-0.05, 0) is 62.8 Å². The SMILES string of the molecule is CC(C)(CCl)C(=O)Nc1ccc2c(c1)CCCC2. The second-order valence-corrected chi connectivity index (χ2v) is 5.93. The van der Waals surface area contributed by atoms with Crippen molar-refractivity contribution in [2.75, 3.05) is 11.2 Å². The number of anilines is 1. The van der Waals surface area contributed by atoms with E-state index < -0.39 is 5.41 Å². The molecule has 3 heteroatoms. The van der Waals surface area contributed by atoms with Gasteiger partial charge in [-0.3, -0.25) is 4.79 Å². The fourth-order valence-electron chi connectivity index (χ4n) is 2.17. The molecule has 2 rings (SSSR count). The van der Waals surface area contributed by atoms with E-state index in [1.165, 1.54) is 24.0 Å². The van der Waals surface area contributed by atoms with Gasteiger partial charge in [-0.15, -0.1) is 11.6 Å². The molecule has 1 amide bonds. The normalized spacial score (nSPS) is 15.1. The first-order valence-corrected chi connectivity index (χ1v) is 7.05. The molecule has 1 N–H and O–H groups in total. The molecule has 0 aromatic heterocycles. The summed E-state index contributed by atoms with van der Waals surface area (Å²) < 4.78 is 0. The van der Waals surface area contributed by atoms with E-state index >= 15 is 0 Å². The standard InChI is InChI=1S/C15H20ClNO/c1-15(2,10-16)14(18)17-13-8-7-11-5-3-4-6-12(11)9-13/h7-9H,3-6,10H2,1-2H3,(H,17,18). The third kappa shape index (κ3) is 2.86. The van der Waals surface area contributed by atoms with Crippen molar-refractivity contribution in [3.05, 3.63) is 29.3 Å². The molecule has 0 spiro atoms. The topological polar surface area (TPSA) is 29.1 Å². The summed E-state index contributed by atoms with van der Waals surface area (Å²) in [6, 6.07) is 6.24. The predicted octanol–water partition coefficient (Wildman–Crippen LogP) is 3.77. The number of hydrogen-bond acceptors (Lipinski definition) is 1. The molecule has 18 heavy (non-hydrogen) atoms. The number of alkyl halides is 1. The molecule has 0 saturated heterocycles. The number of benzene rings is 1. The number of hydrogen-bond donors (Lipinski definition) is 1. The Balaban J connectivity index is 2.13. The van der Waals surface area contributed by atoms with Gasteiger partial charge in [0.05, 0.1) is 5.41 Å². The summed E-state index contributed by atoms with van der Waals surface area (Å²) in [4.78, 5) is 12.0. The second-order valence-electron chi connectivity index (χ2n) is 5.66. The quantitative estimate of drug-likeness (QED) is 0.829. The molecule has 1 aromatic rings. The van der Waals surface area contributed by atoms with Gasteiger partial charge in [0.15, 0.2) is 0 Å². The summed E-state index contributed by atoms with van der Waals surface area (Å²) in [5.41, 5.74) is 3.16. The third-order valence-corrected chi connectivity index (χ3v) is 4.22. The van der Waals surface area contributed by atoms with E-state index in [0.29, 0.717) is 5.88 Å². The zero-order valence-electron chi connectivity index (χ0n) is 11.1. The Kier molecular flexibility index (Phi) is 3.96. The second kappa shape index (κ2) is 5.31. The Morgan fingerprint density at radius 1 is 1.28 bits per heavy atom. The van der Waals surface area contributed by atoms with Crippen molar-refractivity contribution in [3.8, 4) is 0 Å². The molecule has 0 radical (unpaired) electrons. The van der Waals surface area contributed by atoms with Gasteiger partial charge in [0.25, 0.3) is 0 Å². The van der Waals surface area contributed by atoms with E-state index in [4.69, 9.17) is 11.6 Å². The van der Waals surface area contributed by atoms with Crippen LogP contribution in [-0.2, 0) is 17.6 Å². The third-order valence-electron chi connectivity index (χ3n) is 3.56. The first kappa shape index (κ1) is 13.4. The molecular weight excluding hydrogens is 246 g/mol. The largest absolute Gasteiger partial charge is 0.326 e. The lowest BCUT2D eigenvalue weighted by molar-refractivity contribution is -0.122. The Morgan fingerprint density at radius 2 is 1.94 bits per heavy atom. The molecular formula is C15H20ClNO. The monoisotopic (exact) mass is 265 g/mol. The summed E-state index contributed by atoms with van der Waals surface area (Å²) >= 11 is 5.81. The Hall–Kier alpha value is -1.02. The molecule has 0 saturated carbocycles. The molecule has 1 aliphatic rings. The summed E-state index contributed by atoms with van der Waals surface area (Å²) in [5.74, 6) is 0.303. The Labute approximate surface area is 114 Å². The highest BCUT2D eigenvalue weighted by Crippen LogP contribution is 2.26. The maximum atomic E-state index is 12.0. The van der Waals surface area contributed by atoms with Gasteiger partial charge in [-0.2, -0.15) is 0 Å². The van der Waals surface area contributed by atoms with E-state index in [2.05, 4.69) is 17.4 Å². The van der Waals surface area contributed by atoms with E-state index in [0.717, 1.165) is 18.5 Å². The van der Waals surface area contributed by atoms with Crippen molar-refractivity contribution in [1.29, 1.82) is 0 Å². The lowest BCUT2D eigenvalue weighted by Gasteiger charge is -2.22. The smallest absolute Gasteiger partial charge is 0.231 e. The fourth-order valence-corrected chi connectivity index (χ4v) is 2.29. The number of fused-ring (bicyclic) bond motifs is 1. The summed E-state index contributed by atoms with van der Waals surface area (Å²) in [6.07, 6.45) is 4.81. The van der Waals surface area contributed by atoms with Crippen LogP contribution in [0.1, 0.15) is 37.8 Å². The van der Waals surface area contributed by atoms with E-state index in [1.54, 1.807) is 0 Å². The zero-order valence-corrected chi connectivity index (χ0v) is 11.8. The lowest BCUT2D eigenvalue weighted by Crippen LogP contribution is -2.32. The highest BCUT2D eigenvalue weighted by atomic mass is 35.5. The van der Waals surface area contributed by atoms with Crippen LogP contribution < -0.4 is 5.32 Å². The van der Waals surface area contributed by atoms with Crippen LogP contribution in [0.2, 0.25) is 0 Å². The van der Waals surface area contributed by atoms with E-state index in [9.17, 15) is 4.79 Å². The van der Waals surface area contributed by atoms with Gasteiger partial charge in [-0.25, -0.2) is 0 Å². The average molecular weight is 266 g/mol. The number of rotatable bonds is 3. The molecule has 0 bridgehead atoms. The number of nitrogens with one attached hydrogen (secondary N) is 1. The summed E-state index contributed by atoms with van der Waals surface area (Å²) in [6.45, 7) is 3.71. The van der Waals surface area contributed by atoms with E-state index in [-0.39, 0.29) is 5.91 Å². The van der Waals surface area contributed by atoms with Gasteiger partial charge in [0.2, 0.25) is 5.91 Å². The highest BCUT2D eigenvalue weighted by molar-refractivity contribution is 6.20. The number of carbonyl (C=O) groups is 1. The van der Waals surface area contributed by atoms with Crippen LogP contribution in [0.3, 0.4) is 0 Å². The van der Waals surface area contributed by atoms with Gasteiger partial charge in [0, 0.05) is 11.6 Å². The lowest BCUT2D eigenvalue weighted by atomic mass is 9.91. The number of halogens is 1. The molecule has 1 aromatic carbocycles. The molecule has 98 valence electrons. The molecule has 1 aliphatic carbocycles. The molecule has 0 fully saturated rings. The van der Waals surface area contributed by atoms with Gasteiger partial charge < -0.3 is 5.32 Å². The van der Waals surface area contributed by atoms with Gasteiger partial charge in [0.1, 0.15) is 0 Å². The first-order chi connectivity index (χ1) is 8.53. The van der Waals surface area contributed by atoms with Crippen LogP contribution >= 0.6 is 11.6 Å².